The standard InChI is InChI=1S/C12H26N2O2/c1-10(8-13-5-7-15-3)14-9-12-4-6-16-11(12)2/h10-14H,4-9H2,1-3H3. The molecule has 3 unspecified atom stereocenters. The summed E-state index contributed by atoms with van der Waals surface area (Å²) in [5.41, 5.74) is 0. The van der Waals surface area contributed by atoms with E-state index in [2.05, 4.69) is 24.5 Å². The van der Waals surface area contributed by atoms with Gasteiger partial charge in [-0.25, -0.2) is 0 Å². The smallest absolute Gasteiger partial charge is 0.0588 e. The lowest BCUT2D eigenvalue weighted by atomic mass is 10.0. The molecule has 4 nitrogen and oxygen atoms in total. The Hall–Kier alpha value is -0.160. The highest BCUT2D eigenvalue weighted by Gasteiger charge is 2.23. The van der Waals surface area contributed by atoms with Gasteiger partial charge in [0.1, 0.15) is 0 Å². The van der Waals surface area contributed by atoms with Crippen molar-refractivity contribution in [3.63, 3.8) is 0 Å². The molecule has 1 aliphatic rings. The van der Waals surface area contributed by atoms with E-state index in [0.29, 0.717) is 18.1 Å². The van der Waals surface area contributed by atoms with Gasteiger partial charge in [-0.15, -0.1) is 0 Å². The number of nitrogens with one attached hydrogen (secondary N) is 2. The van der Waals surface area contributed by atoms with Crippen molar-refractivity contribution < 1.29 is 9.47 Å². The predicted octanol–water partition coefficient (Wildman–Crippen LogP) is 0.626. The molecule has 0 saturated carbocycles. The molecule has 16 heavy (non-hydrogen) atoms. The molecule has 0 aromatic carbocycles. The van der Waals surface area contributed by atoms with Gasteiger partial charge in [0.05, 0.1) is 12.7 Å². The Balaban J connectivity index is 1.99. The average molecular weight is 230 g/mol. The van der Waals surface area contributed by atoms with Gasteiger partial charge in [-0.2, -0.15) is 0 Å². The van der Waals surface area contributed by atoms with Crippen molar-refractivity contribution in [2.24, 2.45) is 5.92 Å². The Morgan fingerprint density at radius 1 is 1.50 bits per heavy atom. The van der Waals surface area contributed by atoms with Crippen LogP contribution in [0.1, 0.15) is 20.3 Å². The van der Waals surface area contributed by atoms with Crippen LogP contribution in [0.25, 0.3) is 0 Å². The summed E-state index contributed by atoms with van der Waals surface area (Å²) in [4.78, 5) is 0. The van der Waals surface area contributed by atoms with Gasteiger partial charge in [-0.05, 0) is 26.2 Å². The molecule has 4 heteroatoms. The molecule has 0 aromatic rings. The third-order valence-electron chi connectivity index (χ3n) is 3.20. The second-order valence-corrected chi connectivity index (χ2v) is 4.63. The molecule has 96 valence electrons. The van der Waals surface area contributed by atoms with Crippen LogP contribution in [0, 0.1) is 5.92 Å². The largest absolute Gasteiger partial charge is 0.383 e. The lowest BCUT2D eigenvalue weighted by Crippen LogP contribution is -2.40. The highest BCUT2D eigenvalue weighted by atomic mass is 16.5. The Morgan fingerprint density at radius 3 is 2.94 bits per heavy atom. The van der Waals surface area contributed by atoms with Crippen molar-refractivity contribution >= 4 is 0 Å². The predicted molar refractivity (Wildman–Crippen MR) is 65.7 cm³/mol. The summed E-state index contributed by atoms with van der Waals surface area (Å²) >= 11 is 0. The minimum atomic E-state index is 0.418. The quantitative estimate of drug-likeness (QED) is 0.600. The number of ether oxygens (including phenoxy) is 2. The van der Waals surface area contributed by atoms with Crippen LogP contribution >= 0.6 is 0 Å². The maximum atomic E-state index is 5.54. The fourth-order valence-electron chi connectivity index (χ4n) is 1.96. The first-order chi connectivity index (χ1) is 7.74. The first-order valence-corrected chi connectivity index (χ1v) is 6.28. The van der Waals surface area contributed by atoms with E-state index in [1.165, 1.54) is 6.42 Å². The molecule has 0 bridgehead atoms. The second kappa shape index (κ2) is 8.01. The van der Waals surface area contributed by atoms with Crippen LogP contribution in [0.3, 0.4) is 0 Å². The Bertz CT molecular complexity index is 178. The van der Waals surface area contributed by atoms with E-state index in [1.807, 2.05) is 0 Å². The number of hydrogen-bond donors (Lipinski definition) is 2. The minimum absolute atomic E-state index is 0.418. The van der Waals surface area contributed by atoms with Gasteiger partial charge in [0, 0.05) is 39.4 Å². The Kier molecular flexibility index (Phi) is 6.96. The van der Waals surface area contributed by atoms with Crippen molar-refractivity contribution in [2.75, 3.05) is 40.0 Å². The number of methoxy groups -OCH3 is 1. The van der Waals surface area contributed by atoms with E-state index in [4.69, 9.17) is 9.47 Å². The molecule has 0 radical (unpaired) electrons. The van der Waals surface area contributed by atoms with Crippen LogP contribution in [0.5, 0.6) is 0 Å². The van der Waals surface area contributed by atoms with Gasteiger partial charge >= 0.3 is 0 Å². The molecule has 1 aliphatic heterocycles. The maximum Gasteiger partial charge on any atom is 0.0588 e. The van der Waals surface area contributed by atoms with Crippen molar-refractivity contribution in [1.29, 1.82) is 0 Å². The Morgan fingerprint density at radius 2 is 2.31 bits per heavy atom. The van der Waals surface area contributed by atoms with Crippen LogP contribution in [0.2, 0.25) is 0 Å². The van der Waals surface area contributed by atoms with E-state index in [0.717, 1.165) is 32.8 Å². The summed E-state index contributed by atoms with van der Waals surface area (Å²) in [6.07, 6.45) is 1.61. The third kappa shape index (κ3) is 5.25. The molecule has 1 fully saturated rings. The molecular weight excluding hydrogens is 204 g/mol. The topological polar surface area (TPSA) is 42.5 Å². The number of rotatable bonds is 8. The molecule has 2 N–H and O–H groups in total. The highest BCUT2D eigenvalue weighted by molar-refractivity contribution is 4.76. The first-order valence-electron chi connectivity index (χ1n) is 6.28. The molecule has 0 amide bonds. The zero-order valence-corrected chi connectivity index (χ0v) is 10.8. The fraction of sp³-hybridized carbons (Fsp3) is 1.00. The van der Waals surface area contributed by atoms with Gasteiger partial charge in [0.25, 0.3) is 0 Å². The summed E-state index contributed by atoms with van der Waals surface area (Å²) in [5.74, 6) is 0.682. The summed E-state index contributed by atoms with van der Waals surface area (Å²) in [6, 6.07) is 0.504. The highest BCUT2D eigenvalue weighted by Crippen LogP contribution is 2.19. The van der Waals surface area contributed by atoms with E-state index in [1.54, 1.807) is 7.11 Å². The molecular formula is C12H26N2O2. The zero-order valence-electron chi connectivity index (χ0n) is 10.8. The van der Waals surface area contributed by atoms with Crippen molar-refractivity contribution in [1.82, 2.24) is 10.6 Å². The van der Waals surface area contributed by atoms with Gasteiger partial charge in [-0.3, -0.25) is 0 Å². The van der Waals surface area contributed by atoms with Crippen LogP contribution in [0.4, 0.5) is 0 Å². The molecule has 0 aromatic heterocycles. The van der Waals surface area contributed by atoms with E-state index in [-0.39, 0.29) is 0 Å². The SMILES string of the molecule is COCCNCC(C)NCC1CCOC1C. The zero-order chi connectivity index (χ0) is 11.8. The van der Waals surface area contributed by atoms with E-state index < -0.39 is 0 Å². The van der Waals surface area contributed by atoms with Crippen molar-refractivity contribution in [3.05, 3.63) is 0 Å². The molecule has 1 saturated heterocycles. The summed E-state index contributed by atoms with van der Waals surface area (Å²) < 4.78 is 10.5. The van der Waals surface area contributed by atoms with Gasteiger partial charge in [-0.1, -0.05) is 0 Å². The Labute approximate surface area is 99.1 Å². The molecule has 0 aliphatic carbocycles. The van der Waals surface area contributed by atoms with Gasteiger partial charge < -0.3 is 20.1 Å². The first kappa shape index (κ1) is 13.9. The van der Waals surface area contributed by atoms with Gasteiger partial charge in [0.15, 0.2) is 0 Å². The van der Waals surface area contributed by atoms with E-state index in [9.17, 15) is 0 Å². The van der Waals surface area contributed by atoms with Crippen LogP contribution in [-0.2, 0) is 9.47 Å². The average Bonchev–Trinajstić information content (AvgIpc) is 2.67. The van der Waals surface area contributed by atoms with Crippen molar-refractivity contribution in [2.45, 2.75) is 32.4 Å². The van der Waals surface area contributed by atoms with Gasteiger partial charge in [0.2, 0.25) is 0 Å². The van der Waals surface area contributed by atoms with Crippen LogP contribution in [-0.4, -0.2) is 52.1 Å². The summed E-state index contributed by atoms with van der Waals surface area (Å²) in [7, 11) is 1.73. The lowest BCUT2D eigenvalue weighted by Gasteiger charge is -2.19. The van der Waals surface area contributed by atoms with E-state index >= 15 is 0 Å². The third-order valence-corrected chi connectivity index (χ3v) is 3.20. The molecule has 0 spiro atoms. The molecule has 3 atom stereocenters. The minimum Gasteiger partial charge on any atom is -0.383 e. The lowest BCUT2D eigenvalue weighted by molar-refractivity contribution is 0.105. The summed E-state index contributed by atoms with van der Waals surface area (Å²) in [5, 5.41) is 6.90. The maximum absolute atomic E-state index is 5.54. The fourth-order valence-corrected chi connectivity index (χ4v) is 1.96. The molecule has 1 rings (SSSR count). The molecule has 1 heterocycles. The van der Waals surface area contributed by atoms with Crippen LogP contribution in [0.15, 0.2) is 0 Å². The number of hydrogen-bond acceptors (Lipinski definition) is 4. The van der Waals surface area contributed by atoms with Crippen molar-refractivity contribution in [3.8, 4) is 0 Å². The second-order valence-electron chi connectivity index (χ2n) is 4.63. The van der Waals surface area contributed by atoms with Crippen LogP contribution < -0.4 is 10.6 Å². The summed E-state index contributed by atoms with van der Waals surface area (Å²) in [6.45, 7) is 9.06. The normalized spacial score (nSPS) is 27.2. The monoisotopic (exact) mass is 230 g/mol.